The third-order valence-electron chi connectivity index (χ3n) is 2.76. The molecule has 5 N–H and O–H groups in total. The van der Waals surface area contributed by atoms with Crippen LogP contribution in [0.25, 0.3) is 0 Å². The first kappa shape index (κ1) is 17.8. The van der Waals surface area contributed by atoms with Gasteiger partial charge in [0.2, 0.25) is 0 Å². The van der Waals surface area contributed by atoms with Gasteiger partial charge in [-0.1, -0.05) is 6.07 Å². The van der Waals surface area contributed by atoms with Gasteiger partial charge in [0.1, 0.15) is 23.9 Å². The second kappa shape index (κ2) is 7.11. The number of nitrogens with zero attached hydrogens (tertiary/aromatic N) is 1. The third kappa shape index (κ3) is 5.24. The van der Waals surface area contributed by atoms with Crippen LogP contribution in [0.1, 0.15) is 38.0 Å². The molecule has 1 aromatic carbocycles. The number of alkyl carbamates (subject to hydrolysis) is 1. The van der Waals surface area contributed by atoms with E-state index in [0.717, 1.165) is 0 Å². The van der Waals surface area contributed by atoms with Gasteiger partial charge in [-0.2, -0.15) is 5.26 Å². The number of aliphatic hydroxyl groups excluding tert-OH is 2. The molecule has 0 heterocycles. The van der Waals surface area contributed by atoms with Gasteiger partial charge in [-0.25, -0.2) is 4.79 Å². The highest BCUT2D eigenvalue weighted by atomic mass is 16.6. The van der Waals surface area contributed by atoms with Gasteiger partial charge in [-0.15, -0.1) is 0 Å². The van der Waals surface area contributed by atoms with Crippen molar-refractivity contribution in [3.05, 3.63) is 29.3 Å². The quantitative estimate of drug-likeness (QED) is 0.616. The zero-order chi connectivity index (χ0) is 16.9. The van der Waals surface area contributed by atoms with Crippen LogP contribution in [0.5, 0.6) is 0 Å². The Morgan fingerprint density at radius 2 is 2.09 bits per heavy atom. The van der Waals surface area contributed by atoms with E-state index in [1.54, 1.807) is 20.8 Å². The monoisotopic (exact) mass is 307 g/mol. The molecule has 0 bridgehead atoms. The fourth-order valence-corrected chi connectivity index (χ4v) is 1.70. The largest absolute Gasteiger partial charge is 0.444 e. The van der Waals surface area contributed by atoms with E-state index in [1.165, 1.54) is 18.2 Å². The molecular weight excluding hydrogens is 286 g/mol. The SMILES string of the molecule is CC(C)(C)OC(=O)NCC(O)C(O)c1ccc(C#N)c(N)c1. The molecule has 22 heavy (non-hydrogen) atoms. The zero-order valence-electron chi connectivity index (χ0n) is 12.8. The van der Waals surface area contributed by atoms with Gasteiger partial charge in [0.15, 0.2) is 0 Å². The lowest BCUT2D eigenvalue weighted by atomic mass is 10.0. The number of nitrogen functional groups attached to an aromatic ring is 1. The molecule has 7 heteroatoms. The minimum atomic E-state index is -1.25. The van der Waals surface area contributed by atoms with E-state index in [9.17, 15) is 15.0 Å². The van der Waals surface area contributed by atoms with Gasteiger partial charge in [-0.3, -0.25) is 0 Å². The van der Waals surface area contributed by atoms with Crippen molar-refractivity contribution in [1.82, 2.24) is 5.32 Å². The lowest BCUT2D eigenvalue weighted by Crippen LogP contribution is -2.38. The summed E-state index contributed by atoms with van der Waals surface area (Å²) in [6.45, 7) is 4.97. The Labute approximate surface area is 129 Å². The number of nitrogens with two attached hydrogens (primary N) is 1. The van der Waals surface area contributed by atoms with Crippen LogP contribution in [0.3, 0.4) is 0 Å². The Morgan fingerprint density at radius 3 is 2.59 bits per heavy atom. The topological polar surface area (TPSA) is 129 Å². The van der Waals surface area contributed by atoms with Crippen LogP contribution in [0.4, 0.5) is 10.5 Å². The molecule has 2 atom stereocenters. The van der Waals surface area contributed by atoms with Crippen LogP contribution >= 0.6 is 0 Å². The Morgan fingerprint density at radius 1 is 1.45 bits per heavy atom. The number of aliphatic hydroxyl groups is 2. The molecule has 1 rings (SSSR count). The van der Waals surface area contributed by atoms with Crippen LogP contribution in [-0.2, 0) is 4.74 Å². The average Bonchev–Trinajstić information content (AvgIpc) is 2.42. The Hall–Kier alpha value is -2.30. The molecular formula is C15H21N3O4. The maximum Gasteiger partial charge on any atom is 0.407 e. The van der Waals surface area contributed by atoms with Crippen LogP contribution in [0.2, 0.25) is 0 Å². The smallest absolute Gasteiger partial charge is 0.407 e. The molecule has 0 saturated carbocycles. The van der Waals surface area contributed by atoms with Crippen LogP contribution in [0, 0.1) is 11.3 Å². The molecule has 0 aliphatic carbocycles. The Balaban J connectivity index is 2.62. The van der Waals surface area contributed by atoms with Crippen molar-refractivity contribution in [1.29, 1.82) is 5.26 Å². The predicted molar refractivity (Wildman–Crippen MR) is 80.8 cm³/mol. The van der Waals surface area contributed by atoms with E-state index in [1.807, 2.05) is 6.07 Å². The number of carbonyl (C=O) groups is 1. The number of rotatable bonds is 4. The first-order valence-electron chi connectivity index (χ1n) is 6.76. The van der Waals surface area contributed by atoms with Gasteiger partial charge in [0, 0.05) is 12.2 Å². The van der Waals surface area contributed by atoms with Crippen molar-refractivity contribution < 1.29 is 19.7 Å². The highest BCUT2D eigenvalue weighted by Crippen LogP contribution is 2.21. The molecule has 120 valence electrons. The van der Waals surface area contributed by atoms with Crippen molar-refractivity contribution in [3.8, 4) is 6.07 Å². The van der Waals surface area contributed by atoms with Crippen molar-refractivity contribution in [2.75, 3.05) is 12.3 Å². The Kier molecular flexibility index (Phi) is 5.74. The van der Waals surface area contributed by atoms with Crippen molar-refractivity contribution in [2.24, 2.45) is 0 Å². The van der Waals surface area contributed by atoms with E-state index < -0.39 is 23.9 Å². The van der Waals surface area contributed by atoms with E-state index in [-0.39, 0.29) is 17.8 Å². The maximum atomic E-state index is 11.5. The van der Waals surface area contributed by atoms with E-state index in [2.05, 4.69) is 5.32 Å². The van der Waals surface area contributed by atoms with E-state index in [0.29, 0.717) is 5.56 Å². The van der Waals surface area contributed by atoms with Crippen molar-refractivity contribution >= 4 is 11.8 Å². The number of anilines is 1. The lowest BCUT2D eigenvalue weighted by molar-refractivity contribution is 0.0129. The molecule has 0 aliphatic rings. The van der Waals surface area contributed by atoms with Crippen LogP contribution in [0.15, 0.2) is 18.2 Å². The highest BCUT2D eigenvalue weighted by molar-refractivity contribution is 5.67. The summed E-state index contributed by atoms with van der Waals surface area (Å²) in [5.41, 5.74) is 5.87. The molecule has 0 radical (unpaired) electrons. The van der Waals surface area contributed by atoms with Crippen molar-refractivity contribution in [3.63, 3.8) is 0 Å². The summed E-state index contributed by atoms with van der Waals surface area (Å²) in [4.78, 5) is 11.5. The number of hydrogen-bond acceptors (Lipinski definition) is 6. The second-order valence-corrected chi connectivity index (χ2v) is 5.85. The van der Waals surface area contributed by atoms with Crippen LogP contribution < -0.4 is 11.1 Å². The molecule has 7 nitrogen and oxygen atoms in total. The Bertz CT molecular complexity index is 575. The van der Waals surface area contributed by atoms with Gasteiger partial charge in [-0.05, 0) is 38.5 Å². The number of ether oxygens (including phenoxy) is 1. The normalized spacial score (nSPS) is 13.8. The maximum absolute atomic E-state index is 11.5. The fraction of sp³-hybridized carbons (Fsp3) is 0.467. The summed E-state index contributed by atoms with van der Waals surface area (Å²) in [6.07, 6.45) is -3.16. The molecule has 0 saturated heterocycles. The van der Waals surface area contributed by atoms with Crippen LogP contribution in [-0.4, -0.2) is 34.6 Å². The summed E-state index contributed by atoms with van der Waals surface area (Å²) in [5.74, 6) is 0. The molecule has 0 spiro atoms. The van der Waals surface area contributed by atoms with E-state index >= 15 is 0 Å². The number of hydrogen-bond donors (Lipinski definition) is 4. The predicted octanol–water partition coefficient (Wildman–Crippen LogP) is 1.06. The fourth-order valence-electron chi connectivity index (χ4n) is 1.70. The molecule has 0 aliphatic heterocycles. The van der Waals surface area contributed by atoms with Crippen molar-refractivity contribution in [2.45, 2.75) is 38.6 Å². The molecule has 1 aromatic rings. The highest BCUT2D eigenvalue weighted by Gasteiger charge is 2.22. The number of carbonyl (C=O) groups excluding carboxylic acids is 1. The first-order valence-corrected chi connectivity index (χ1v) is 6.76. The van der Waals surface area contributed by atoms with Gasteiger partial charge in [0.05, 0.1) is 5.56 Å². The number of amides is 1. The molecule has 0 aromatic heterocycles. The van der Waals surface area contributed by atoms with Gasteiger partial charge >= 0.3 is 6.09 Å². The standard InChI is InChI=1S/C15H21N3O4/c1-15(2,3)22-14(21)18-8-12(19)13(20)9-4-5-10(7-16)11(17)6-9/h4-6,12-13,19-20H,8,17H2,1-3H3,(H,18,21). The second-order valence-electron chi connectivity index (χ2n) is 5.85. The third-order valence-corrected chi connectivity index (χ3v) is 2.76. The first-order chi connectivity index (χ1) is 10.1. The summed E-state index contributed by atoms with van der Waals surface area (Å²) in [6, 6.07) is 6.28. The van der Waals surface area contributed by atoms with Gasteiger partial charge in [0.25, 0.3) is 0 Å². The van der Waals surface area contributed by atoms with Gasteiger partial charge < -0.3 is 26.0 Å². The number of nitriles is 1. The molecule has 2 unspecified atom stereocenters. The lowest BCUT2D eigenvalue weighted by Gasteiger charge is -2.22. The summed E-state index contributed by atoms with van der Waals surface area (Å²) in [7, 11) is 0. The average molecular weight is 307 g/mol. The number of benzene rings is 1. The summed E-state index contributed by atoms with van der Waals surface area (Å²) >= 11 is 0. The van der Waals surface area contributed by atoms with E-state index in [4.69, 9.17) is 15.7 Å². The molecule has 1 amide bonds. The minimum Gasteiger partial charge on any atom is -0.444 e. The summed E-state index contributed by atoms with van der Waals surface area (Å²) in [5, 5.41) is 31.1. The minimum absolute atomic E-state index is 0.185. The summed E-state index contributed by atoms with van der Waals surface area (Å²) < 4.78 is 5.02. The zero-order valence-corrected chi connectivity index (χ0v) is 12.8. The molecule has 0 fully saturated rings. The number of nitrogens with one attached hydrogen (secondary N) is 1.